The Kier molecular flexibility index (Phi) is 10.4. The van der Waals surface area contributed by atoms with Crippen molar-refractivity contribution in [3.05, 3.63) is 32.6 Å². The van der Waals surface area contributed by atoms with Gasteiger partial charge in [0.25, 0.3) is 5.56 Å². The van der Waals surface area contributed by atoms with Crippen molar-refractivity contribution in [1.29, 1.82) is 0 Å². The van der Waals surface area contributed by atoms with Crippen LogP contribution in [0.15, 0.2) is 15.8 Å². The molecule has 1 aromatic heterocycles. The smallest absolute Gasteiger partial charge is 0.361 e. The van der Waals surface area contributed by atoms with Crippen molar-refractivity contribution >= 4 is 45.1 Å². The van der Waals surface area contributed by atoms with Crippen LogP contribution in [0.5, 0.6) is 0 Å². The highest BCUT2D eigenvalue weighted by Crippen LogP contribution is 2.66. The van der Waals surface area contributed by atoms with Crippen LogP contribution in [0.4, 0.5) is 0 Å². The van der Waals surface area contributed by atoms with Crippen molar-refractivity contribution < 1.29 is 55.9 Å². The second-order valence-corrected chi connectivity index (χ2v) is 13.9. The third-order valence-electron chi connectivity index (χ3n) is 4.05. The van der Waals surface area contributed by atoms with Crippen molar-refractivity contribution in [3.63, 3.8) is 0 Å². The molecule has 0 spiro atoms. The predicted octanol–water partition coefficient (Wildman–Crippen LogP) is 1.22. The van der Waals surface area contributed by atoms with Crippen molar-refractivity contribution in [3.8, 4) is 0 Å². The van der Waals surface area contributed by atoms with Gasteiger partial charge in [0.15, 0.2) is 0 Å². The number of aromatic nitrogens is 2. The minimum absolute atomic E-state index is 0.0646. The number of ether oxygens (including phenoxy) is 2. The molecule has 1 fully saturated rings. The van der Waals surface area contributed by atoms with Gasteiger partial charge in [0.05, 0.1) is 12.7 Å². The van der Waals surface area contributed by atoms with Gasteiger partial charge in [-0.25, -0.2) is 18.5 Å². The van der Waals surface area contributed by atoms with Crippen LogP contribution in [-0.2, 0) is 36.3 Å². The third kappa shape index (κ3) is 9.30. The minimum Gasteiger partial charge on any atom is -0.361 e. The van der Waals surface area contributed by atoms with E-state index in [9.17, 15) is 33.1 Å². The fraction of sp³-hybridized carbons (Fsp3) is 0.692. The van der Waals surface area contributed by atoms with E-state index in [-0.39, 0.29) is 17.4 Å². The first-order valence-electron chi connectivity index (χ1n) is 9.13. The molecule has 0 aliphatic carbocycles. The van der Waals surface area contributed by atoms with E-state index in [1.54, 1.807) is 6.92 Å². The molecule has 3 unspecified atom stereocenters. The van der Waals surface area contributed by atoms with E-state index < -0.39 is 59.8 Å². The van der Waals surface area contributed by atoms with Crippen LogP contribution in [0.2, 0.25) is 0 Å². The zero-order valence-electron chi connectivity index (χ0n) is 17.8. The van der Waals surface area contributed by atoms with Gasteiger partial charge in [-0.05, 0) is 20.1 Å². The molecule has 196 valence electrons. The van der Waals surface area contributed by atoms with E-state index in [0.29, 0.717) is 0 Å². The van der Waals surface area contributed by atoms with Crippen molar-refractivity contribution in [2.75, 3.05) is 12.9 Å². The summed E-state index contributed by atoms with van der Waals surface area (Å²) in [5.41, 5.74) is -1.50. The summed E-state index contributed by atoms with van der Waals surface area (Å²) < 4.78 is 58.9. The van der Waals surface area contributed by atoms with Gasteiger partial charge in [-0.3, -0.25) is 18.9 Å². The molecule has 16 nitrogen and oxygen atoms in total. The van der Waals surface area contributed by atoms with Gasteiger partial charge in [-0.1, -0.05) is 21.6 Å². The summed E-state index contributed by atoms with van der Waals surface area (Å²) in [6.07, 6.45) is 0.288. The maximum absolute atomic E-state index is 12.2. The first-order chi connectivity index (χ1) is 15.5. The van der Waals surface area contributed by atoms with Gasteiger partial charge >= 0.3 is 29.2 Å². The Morgan fingerprint density at radius 2 is 1.85 bits per heavy atom. The third-order valence-corrected chi connectivity index (χ3v) is 9.82. The van der Waals surface area contributed by atoms with E-state index in [4.69, 9.17) is 19.3 Å². The summed E-state index contributed by atoms with van der Waals surface area (Å²) in [6, 6.07) is 0. The van der Waals surface area contributed by atoms with Crippen LogP contribution in [0.3, 0.4) is 0 Å². The Bertz CT molecular complexity index is 1120. The Labute approximate surface area is 200 Å². The number of H-pyrrole nitrogens is 1. The zero-order chi connectivity index (χ0) is 25.9. The molecule has 0 saturated carbocycles. The summed E-state index contributed by atoms with van der Waals surface area (Å²) in [5.74, 6) is 0. The average Bonchev–Trinajstić information content (AvgIpc) is 3.02. The maximum Gasteiger partial charge on any atom is 0.490 e. The zero-order valence-corrected chi connectivity index (χ0v) is 22.1. The van der Waals surface area contributed by atoms with E-state index in [1.807, 2.05) is 6.26 Å². The lowest BCUT2D eigenvalue weighted by atomic mass is 10.2. The van der Waals surface area contributed by atoms with Gasteiger partial charge in [0.1, 0.15) is 17.8 Å². The normalized spacial score (nSPS) is 25.6. The molecule has 6 atom stereocenters. The van der Waals surface area contributed by atoms with Crippen molar-refractivity contribution in [1.82, 2.24) is 9.55 Å². The predicted molar refractivity (Wildman–Crippen MR) is 120 cm³/mol. The molecule has 0 amide bonds. The van der Waals surface area contributed by atoms with Crippen LogP contribution < -0.4 is 11.2 Å². The highest BCUT2D eigenvalue weighted by Gasteiger charge is 2.44. The van der Waals surface area contributed by atoms with Crippen molar-refractivity contribution in [2.45, 2.75) is 44.1 Å². The van der Waals surface area contributed by atoms with Crippen LogP contribution in [0.25, 0.3) is 0 Å². The first kappa shape index (κ1) is 29.9. The SMILES string of the molecule is CSSC(C)O[C@H]1C[C@H](n2cc(C)c(=O)[nH]c2=O)O[C@@H]1COP(=O)(O)OP(=O)(O)OP(=O)(O)O. The molecule has 34 heavy (non-hydrogen) atoms. The minimum atomic E-state index is -5.68. The lowest BCUT2D eigenvalue weighted by molar-refractivity contribution is -0.0634. The molecule has 0 radical (unpaired) electrons. The number of aromatic amines is 1. The lowest BCUT2D eigenvalue weighted by Crippen LogP contribution is -2.33. The van der Waals surface area contributed by atoms with Crippen LogP contribution in [0, 0.1) is 6.92 Å². The number of phosphoric acid groups is 3. The average molecular weight is 588 g/mol. The summed E-state index contributed by atoms with van der Waals surface area (Å²) in [6.45, 7) is 2.45. The quantitative estimate of drug-likeness (QED) is 0.131. The number of aryl methyl sites for hydroxylation is 1. The summed E-state index contributed by atoms with van der Waals surface area (Å²) in [7, 11) is -13.8. The number of nitrogens with zero attached hydrogens (tertiary/aromatic N) is 1. The molecule has 2 heterocycles. The number of hydrogen-bond acceptors (Lipinski definition) is 12. The van der Waals surface area contributed by atoms with Gasteiger partial charge in [-0.15, -0.1) is 0 Å². The van der Waals surface area contributed by atoms with Crippen LogP contribution >= 0.6 is 45.1 Å². The largest absolute Gasteiger partial charge is 0.490 e. The molecule has 1 aliphatic rings. The van der Waals surface area contributed by atoms with Gasteiger partial charge in [0, 0.05) is 18.2 Å². The summed E-state index contributed by atoms with van der Waals surface area (Å²) in [5, 5.41) is 0. The van der Waals surface area contributed by atoms with Crippen molar-refractivity contribution in [2.24, 2.45) is 0 Å². The second-order valence-electron chi connectivity index (χ2n) is 6.74. The highest BCUT2D eigenvalue weighted by atomic mass is 33.1. The number of nitrogens with one attached hydrogen (secondary N) is 1. The summed E-state index contributed by atoms with van der Waals surface area (Å²) in [4.78, 5) is 62.1. The Hall–Kier alpha value is -0.290. The first-order valence-corrected chi connectivity index (χ1v) is 16.3. The molecule has 21 heteroatoms. The summed E-state index contributed by atoms with van der Waals surface area (Å²) >= 11 is 0. The van der Waals surface area contributed by atoms with Crippen LogP contribution in [0.1, 0.15) is 25.1 Å². The molecule has 2 rings (SSSR count). The lowest BCUT2D eigenvalue weighted by Gasteiger charge is -2.23. The Morgan fingerprint density at radius 1 is 1.21 bits per heavy atom. The van der Waals surface area contributed by atoms with Gasteiger partial charge in [0.2, 0.25) is 0 Å². The monoisotopic (exact) mass is 588 g/mol. The van der Waals surface area contributed by atoms with E-state index >= 15 is 0 Å². The Balaban J connectivity index is 2.18. The number of hydrogen-bond donors (Lipinski definition) is 5. The fourth-order valence-corrected chi connectivity index (χ4v) is 7.28. The standard InChI is InChI=1S/C13H23N2O14P3S2/c1-7-5-15(13(17)14-12(7)16)11-4-9(26-8(2)34-33-3)10(27-11)6-25-31(21,22)29-32(23,24)28-30(18,19)20/h5,8-11H,4,6H2,1-3H3,(H,21,22)(H,23,24)(H,14,16,17)(H2,18,19,20)/t8?,9-,10+,11+/m0/s1. The second kappa shape index (κ2) is 11.8. The maximum atomic E-state index is 12.2. The topological polar surface area (TPSA) is 233 Å². The molecule has 5 N–H and O–H groups in total. The molecule has 1 aliphatic heterocycles. The molecule has 0 aromatic carbocycles. The van der Waals surface area contributed by atoms with E-state index in [2.05, 4.69) is 18.1 Å². The van der Waals surface area contributed by atoms with Crippen LogP contribution in [-0.4, -0.2) is 59.6 Å². The number of phosphoric ester groups is 1. The molecular weight excluding hydrogens is 565 g/mol. The molecular formula is C13H23N2O14P3S2. The number of rotatable bonds is 12. The Morgan fingerprint density at radius 3 is 2.44 bits per heavy atom. The van der Waals surface area contributed by atoms with E-state index in [1.165, 1.54) is 34.7 Å². The molecule has 1 aromatic rings. The molecule has 0 bridgehead atoms. The van der Waals surface area contributed by atoms with E-state index in [0.717, 1.165) is 4.57 Å². The van der Waals surface area contributed by atoms with Gasteiger partial charge < -0.3 is 29.0 Å². The highest BCUT2D eigenvalue weighted by molar-refractivity contribution is 8.76. The van der Waals surface area contributed by atoms with Gasteiger partial charge in [-0.2, -0.15) is 8.62 Å². The fourth-order valence-electron chi connectivity index (χ4n) is 2.84. The molecule has 1 saturated heterocycles.